The summed E-state index contributed by atoms with van der Waals surface area (Å²) in [5.74, 6) is 0.789. The molecule has 118 valence electrons. The molecule has 1 aromatic rings. The van der Waals surface area contributed by atoms with Gasteiger partial charge in [-0.25, -0.2) is 4.98 Å². The van der Waals surface area contributed by atoms with Gasteiger partial charge in [-0.2, -0.15) is 0 Å². The van der Waals surface area contributed by atoms with E-state index in [4.69, 9.17) is 11.6 Å². The molecule has 3 unspecified atom stereocenters. The summed E-state index contributed by atoms with van der Waals surface area (Å²) in [5, 5.41) is 6.05. The first kappa shape index (κ1) is 17.1. The van der Waals surface area contributed by atoms with Gasteiger partial charge in [0, 0.05) is 17.5 Å². The third-order valence-corrected chi connectivity index (χ3v) is 5.99. The lowest BCUT2D eigenvalue weighted by molar-refractivity contribution is 0.165. The summed E-state index contributed by atoms with van der Waals surface area (Å²) in [7, 11) is 0. The molecule has 1 heterocycles. The number of halogens is 1. The Morgan fingerprint density at radius 2 is 2.10 bits per heavy atom. The van der Waals surface area contributed by atoms with Crippen LogP contribution in [0, 0.1) is 11.3 Å². The summed E-state index contributed by atoms with van der Waals surface area (Å²) >= 11 is 7.84. The lowest BCUT2D eigenvalue weighted by Crippen LogP contribution is -2.44. The average Bonchev–Trinajstić information content (AvgIpc) is 2.42. The summed E-state index contributed by atoms with van der Waals surface area (Å²) < 4.78 is 0. The standard InChI is InChI=1S/C17H27ClN2S/c1-5-19-14-8-6-12(17(2,3)4)10-15(14)21-16-9-7-13(18)11-20-16/h7,9,11-12,14-15,19H,5-6,8,10H2,1-4H3. The molecule has 1 N–H and O–H groups in total. The highest BCUT2D eigenvalue weighted by Crippen LogP contribution is 2.43. The van der Waals surface area contributed by atoms with Gasteiger partial charge in [-0.1, -0.05) is 39.3 Å². The van der Waals surface area contributed by atoms with Crippen LogP contribution in [0.1, 0.15) is 47.0 Å². The summed E-state index contributed by atoms with van der Waals surface area (Å²) in [6, 6.07) is 4.57. The molecule has 1 fully saturated rings. The fourth-order valence-electron chi connectivity index (χ4n) is 3.13. The minimum absolute atomic E-state index is 0.392. The van der Waals surface area contributed by atoms with E-state index in [-0.39, 0.29) is 0 Å². The van der Waals surface area contributed by atoms with E-state index in [1.54, 1.807) is 6.20 Å². The highest BCUT2D eigenvalue weighted by molar-refractivity contribution is 7.99. The van der Waals surface area contributed by atoms with E-state index in [0.29, 0.717) is 21.7 Å². The minimum atomic E-state index is 0.392. The summed E-state index contributed by atoms with van der Waals surface area (Å²) in [5.41, 5.74) is 0.392. The number of hydrogen-bond acceptors (Lipinski definition) is 3. The lowest BCUT2D eigenvalue weighted by Gasteiger charge is -2.41. The van der Waals surface area contributed by atoms with E-state index in [9.17, 15) is 0 Å². The fraction of sp³-hybridized carbons (Fsp3) is 0.706. The highest BCUT2D eigenvalue weighted by atomic mass is 35.5. The molecule has 4 heteroatoms. The molecular formula is C17H27ClN2S. The molecule has 21 heavy (non-hydrogen) atoms. The van der Waals surface area contributed by atoms with Crippen molar-refractivity contribution in [1.29, 1.82) is 0 Å². The maximum Gasteiger partial charge on any atom is 0.0964 e. The molecule has 1 aliphatic carbocycles. The maximum absolute atomic E-state index is 5.93. The van der Waals surface area contributed by atoms with Crippen molar-refractivity contribution in [2.75, 3.05) is 6.54 Å². The Hall–Kier alpha value is -0.250. The molecule has 0 radical (unpaired) electrons. The van der Waals surface area contributed by atoms with Crippen LogP contribution in [0.25, 0.3) is 0 Å². The molecular weight excluding hydrogens is 300 g/mol. The topological polar surface area (TPSA) is 24.9 Å². The predicted molar refractivity (Wildman–Crippen MR) is 93.2 cm³/mol. The third-order valence-electron chi connectivity index (χ3n) is 4.46. The number of nitrogens with one attached hydrogen (secondary N) is 1. The molecule has 0 saturated heterocycles. The second-order valence-electron chi connectivity index (χ2n) is 7.01. The zero-order valence-corrected chi connectivity index (χ0v) is 15.1. The van der Waals surface area contributed by atoms with Gasteiger partial charge in [-0.15, -0.1) is 11.8 Å². The second kappa shape index (κ2) is 7.34. The van der Waals surface area contributed by atoms with E-state index < -0.39 is 0 Å². The smallest absolute Gasteiger partial charge is 0.0964 e. The number of thioether (sulfide) groups is 1. The van der Waals surface area contributed by atoms with E-state index in [1.165, 1.54) is 19.3 Å². The number of pyridine rings is 1. The van der Waals surface area contributed by atoms with Crippen LogP contribution in [0.4, 0.5) is 0 Å². The van der Waals surface area contributed by atoms with E-state index in [0.717, 1.165) is 17.5 Å². The van der Waals surface area contributed by atoms with Gasteiger partial charge < -0.3 is 5.32 Å². The van der Waals surface area contributed by atoms with Crippen molar-refractivity contribution in [2.24, 2.45) is 11.3 Å². The number of rotatable bonds is 4. The number of hydrogen-bond donors (Lipinski definition) is 1. The van der Waals surface area contributed by atoms with Crippen LogP contribution in [0.3, 0.4) is 0 Å². The van der Waals surface area contributed by atoms with Crippen LogP contribution in [0.2, 0.25) is 5.02 Å². The van der Waals surface area contributed by atoms with Crippen LogP contribution >= 0.6 is 23.4 Å². The van der Waals surface area contributed by atoms with Crippen molar-refractivity contribution in [3.63, 3.8) is 0 Å². The van der Waals surface area contributed by atoms with E-state index in [1.807, 2.05) is 23.9 Å². The Bertz CT molecular complexity index is 441. The maximum atomic E-state index is 5.93. The Labute approximate surface area is 138 Å². The first-order valence-corrected chi connectivity index (χ1v) is 9.17. The van der Waals surface area contributed by atoms with Crippen molar-refractivity contribution in [2.45, 2.75) is 63.3 Å². The zero-order chi connectivity index (χ0) is 15.5. The molecule has 0 aliphatic heterocycles. The van der Waals surface area contributed by atoms with Crippen LogP contribution in [0.5, 0.6) is 0 Å². The molecule has 1 saturated carbocycles. The SMILES string of the molecule is CCNC1CCC(C(C)(C)C)CC1Sc1ccc(Cl)cn1. The predicted octanol–water partition coefficient (Wildman–Crippen LogP) is 5.02. The lowest BCUT2D eigenvalue weighted by atomic mass is 9.71. The van der Waals surface area contributed by atoms with Gasteiger partial charge in [0.2, 0.25) is 0 Å². The molecule has 1 aliphatic rings. The van der Waals surface area contributed by atoms with Gasteiger partial charge in [0.1, 0.15) is 0 Å². The Morgan fingerprint density at radius 1 is 1.33 bits per heavy atom. The van der Waals surface area contributed by atoms with Crippen LogP contribution < -0.4 is 5.32 Å². The van der Waals surface area contributed by atoms with Crippen molar-refractivity contribution >= 4 is 23.4 Å². The van der Waals surface area contributed by atoms with E-state index >= 15 is 0 Å². The molecule has 0 amide bonds. The van der Waals surface area contributed by atoms with Crippen molar-refractivity contribution in [3.8, 4) is 0 Å². The summed E-state index contributed by atoms with van der Waals surface area (Å²) in [6.07, 6.45) is 5.60. The first-order chi connectivity index (χ1) is 9.90. The van der Waals surface area contributed by atoms with Crippen molar-refractivity contribution in [3.05, 3.63) is 23.4 Å². The highest BCUT2D eigenvalue weighted by Gasteiger charge is 2.36. The number of aromatic nitrogens is 1. The monoisotopic (exact) mass is 326 g/mol. The Morgan fingerprint density at radius 3 is 2.67 bits per heavy atom. The summed E-state index contributed by atoms with van der Waals surface area (Å²) in [4.78, 5) is 4.46. The molecule has 0 aromatic carbocycles. The molecule has 0 bridgehead atoms. The second-order valence-corrected chi connectivity index (χ2v) is 8.71. The Balaban J connectivity index is 2.08. The Kier molecular flexibility index (Phi) is 5.98. The van der Waals surface area contributed by atoms with Crippen molar-refractivity contribution < 1.29 is 0 Å². The zero-order valence-electron chi connectivity index (χ0n) is 13.5. The van der Waals surface area contributed by atoms with Gasteiger partial charge in [-0.3, -0.25) is 0 Å². The normalized spacial score (nSPS) is 26.8. The molecule has 0 spiro atoms. The number of nitrogens with zero attached hydrogens (tertiary/aromatic N) is 1. The van der Waals surface area contributed by atoms with Crippen molar-refractivity contribution in [1.82, 2.24) is 10.3 Å². The first-order valence-electron chi connectivity index (χ1n) is 7.91. The molecule has 1 aromatic heterocycles. The molecule has 2 rings (SSSR count). The van der Waals surface area contributed by atoms with E-state index in [2.05, 4.69) is 38.0 Å². The molecule has 3 atom stereocenters. The largest absolute Gasteiger partial charge is 0.313 e. The summed E-state index contributed by atoms with van der Waals surface area (Å²) in [6.45, 7) is 10.3. The van der Waals surface area contributed by atoms with Gasteiger partial charge in [0.05, 0.1) is 10.0 Å². The quantitative estimate of drug-likeness (QED) is 0.841. The van der Waals surface area contributed by atoms with Crippen LogP contribution in [0.15, 0.2) is 23.4 Å². The minimum Gasteiger partial charge on any atom is -0.313 e. The van der Waals surface area contributed by atoms with Crippen LogP contribution in [-0.4, -0.2) is 22.8 Å². The average molecular weight is 327 g/mol. The third kappa shape index (κ3) is 4.87. The van der Waals surface area contributed by atoms with Gasteiger partial charge >= 0.3 is 0 Å². The van der Waals surface area contributed by atoms with Gasteiger partial charge in [0.15, 0.2) is 0 Å². The molecule has 2 nitrogen and oxygen atoms in total. The van der Waals surface area contributed by atoms with Crippen LogP contribution in [-0.2, 0) is 0 Å². The van der Waals surface area contributed by atoms with Gasteiger partial charge in [0.25, 0.3) is 0 Å². The van der Waals surface area contributed by atoms with Gasteiger partial charge in [-0.05, 0) is 49.3 Å². The fourth-order valence-corrected chi connectivity index (χ4v) is 4.54.